The molecule has 9 heteroatoms. The number of nitrogens with one attached hydrogen (secondary N) is 2. The Balaban J connectivity index is 2.21. The van der Waals surface area contributed by atoms with Gasteiger partial charge in [0, 0.05) is 32.6 Å². The molecule has 0 spiro atoms. The fourth-order valence-corrected chi connectivity index (χ4v) is 2.35. The average Bonchev–Trinajstić information content (AvgIpc) is 3.24. The molecule has 0 radical (unpaired) electrons. The Morgan fingerprint density at radius 1 is 1.30 bits per heavy atom. The summed E-state index contributed by atoms with van der Waals surface area (Å²) in [4.78, 5) is 22.3. The molecule has 8 nitrogen and oxygen atoms in total. The Morgan fingerprint density at radius 2 is 1.95 bits per heavy atom. The predicted octanol–water partition coefficient (Wildman–Crippen LogP) is -1.16. The normalized spacial score (nSPS) is 15.2. The molecule has 0 atom stereocenters. The van der Waals surface area contributed by atoms with Gasteiger partial charge >= 0.3 is 5.97 Å². The minimum atomic E-state index is -3.64. The molecule has 116 valence electrons. The first-order valence-corrected chi connectivity index (χ1v) is 7.86. The number of carbonyl (C=O) groups excluding carboxylic acids is 2. The zero-order valence-electron chi connectivity index (χ0n) is 11.7. The van der Waals surface area contributed by atoms with Crippen molar-refractivity contribution in [2.75, 3.05) is 33.8 Å². The van der Waals surface area contributed by atoms with Crippen LogP contribution in [0.4, 0.5) is 0 Å². The maximum atomic E-state index is 11.8. The smallest absolute Gasteiger partial charge is 0.306 e. The number of nitrogens with zero attached hydrogens (tertiary/aromatic N) is 1. The van der Waals surface area contributed by atoms with Crippen LogP contribution in [0.3, 0.4) is 0 Å². The fourth-order valence-electron chi connectivity index (χ4n) is 1.44. The van der Waals surface area contributed by atoms with E-state index in [1.165, 1.54) is 14.2 Å². The topological polar surface area (TPSA) is 105 Å². The van der Waals surface area contributed by atoms with Crippen LogP contribution in [-0.4, -0.2) is 58.4 Å². The molecule has 0 bridgehead atoms. The van der Waals surface area contributed by atoms with E-state index >= 15 is 0 Å². The van der Waals surface area contributed by atoms with Gasteiger partial charge in [0.05, 0.1) is 13.5 Å². The zero-order valence-corrected chi connectivity index (χ0v) is 12.5. The molecule has 1 amide bonds. The molecule has 0 unspecified atom stereocenters. The van der Waals surface area contributed by atoms with Crippen LogP contribution in [0.25, 0.3) is 0 Å². The van der Waals surface area contributed by atoms with Gasteiger partial charge in [-0.3, -0.25) is 9.59 Å². The van der Waals surface area contributed by atoms with Crippen LogP contribution in [0.1, 0.15) is 19.3 Å². The second kappa shape index (κ2) is 7.55. The molecule has 1 aliphatic carbocycles. The molecule has 0 aromatic carbocycles. The number of esters is 1. The van der Waals surface area contributed by atoms with Gasteiger partial charge in [-0.1, -0.05) is 0 Å². The lowest BCUT2D eigenvalue weighted by atomic mass is 10.4. The maximum absolute atomic E-state index is 11.8. The SMILES string of the molecule is COC(=O)CCN(C)S(=O)(=O)NCCNC(=O)C1CC1. The molecular weight excluding hydrogens is 286 g/mol. The fraction of sp³-hybridized carbons (Fsp3) is 0.818. The van der Waals surface area contributed by atoms with Gasteiger partial charge in [0.2, 0.25) is 5.91 Å². The van der Waals surface area contributed by atoms with Crippen molar-refractivity contribution in [2.45, 2.75) is 19.3 Å². The lowest BCUT2D eigenvalue weighted by Crippen LogP contribution is -2.42. The first kappa shape index (κ1) is 16.9. The predicted molar refractivity (Wildman–Crippen MR) is 71.9 cm³/mol. The third kappa shape index (κ3) is 5.85. The summed E-state index contributed by atoms with van der Waals surface area (Å²) in [5.41, 5.74) is 0. The molecule has 0 aromatic rings. The zero-order chi connectivity index (χ0) is 15.2. The highest BCUT2D eigenvalue weighted by Gasteiger charge is 2.29. The summed E-state index contributed by atoms with van der Waals surface area (Å²) < 4.78 is 31.4. The van der Waals surface area contributed by atoms with Crippen molar-refractivity contribution in [1.82, 2.24) is 14.3 Å². The number of carbonyl (C=O) groups is 2. The van der Waals surface area contributed by atoms with Gasteiger partial charge in [0.15, 0.2) is 0 Å². The van der Waals surface area contributed by atoms with Crippen molar-refractivity contribution in [3.8, 4) is 0 Å². The van der Waals surface area contributed by atoms with Crippen LogP contribution in [0, 0.1) is 5.92 Å². The molecular formula is C11H21N3O5S. The van der Waals surface area contributed by atoms with Crippen LogP contribution < -0.4 is 10.0 Å². The van der Waals surface area contributed by atoms with Crippen molar-refractivity contribution >= 4 is 22.1 Å². The van der Waals surface area contributed by atoms with E-state index in [4.69, 9.17) is 0 Å². The van der Waals surface area contributed by atoms with Crippen LogP contribution >= 0.6 is 0 Å². The van der Waals surface area contributed by atoms with Gasteiger partial charge in [0.1, 0.15) is 0 Å². The first-order valence-electron chi connectivity index (χ1n) is 6.42. The van der Waals surface area contributed by atoms with Crippen molar-refractivity contribution in [3.05, 3.63) is 0 Å². The summed E-state index contributed by atoms with van der Waals surface area (Å²) >= 11 is 0. The number of hydrogen-bond acceptors (Lipinski definition) is 5. The molecule has 0 heterocycles. The summed E-state index contributed by atoms with van der Waals surface area (Å²) in [6, 6.07) is 0. The Labute approximate surface area is 119 Å². The van der Waals surface area contributed by atoms with E-state index in [0.29, 0.717) is 0 Å². The van der Waals surface area contributed by atoms with Gasteiger partial charge in [-0.15, -0.1) is 0 Å². The third-order valence-corrected chi connectivity index (χ3v) is 4.50. The molecule has 20 heavy (non-hydrogen) atoms. The Morgan fingerprint density at radius 3 is 2.50 bits per heavy atom. The van der Waals surface area contributed by atoms with Crippen molar-refractivity contribution in [3.63, 3.8) is 0 Å². The number of ether oxygens (including phenoxy) is 1. The summed E-state index contributed by atoms with van der Waals surface area (Å²) in [5.74, 6) is -0.388. The van der Waals surface area contributed by atoms with Crippen molar-refractivity contribution < 1.29 is 22.7 Å². The van der Waals surface area contributed by atoms with Crippen LogP contribution in [0.5, 0.6) is 0 Å². The standard InChI is InChI=1S/C11H21N3O5S/c1-14(8-5-10(15)19-2)20(17,18)13-7-6-12-11(16)9-3-4-9/h9,13H,3-8H2,1-2H3,(H,12,16). The second-order valence-corrected chi connectivity index (χ2v) is 6.47. The van der Waals surface area contributed by atoms with E-state index < -0.39 is 16.2 Å². The minimum absolute atomic E-state index is 0.00761. The summed E-state index contributed by atoms with van der Waals surface area (Å²) in [5, 5.41) is 2.66. The average molecular weight is 307 g/mol. The molecule has 1 saturated carbocycles. The van der Waals surface area contributed by atoms with Gasteiger partial charge in [-0.25, -0.2) is 4.72 Å². The van der Waals surface area contributed by atoms with Crippen LogP contribution in [-0.2, 0) is 24.5 Å². The van der Waals surface area contributed by atoms with E-state index in [-0.39, 0.29) is 37.9 Å². The highest BCUT2D eigenvalue weighted by atomic mass is 32.2. The van der Waals surface area contributed by atoms with Gasteiger partial charge in [0.25, 0.3) is 10.2 Å². The number of rotatable bonds is 9. The molecule has 0 saturated heterocycles. The Kier molecular flexibility index (Phi) is 6.37. The first-order chi connectivity index (χ1) is 9.36. The van der Waals surface area contributed by atoms with Crippen molar-refractivity contribution in [2.24, 2.45) is 5.92 Å². The lowest BCUT2D eigenvalue weighted by molar-refractivity contribution is -0.140. The number of hydrogen-bond donors (Lipinski definition) is 2. The summed E-state index contributed by atoms with van der Waals surface area (Å²) in [7, 11) is -1.03. The van der Waals surface area contributed by atoms with Crippen LogP contribution in [0.15, 0.2) is 0 Å². The second-order valence-electron chi connectivity index (χ2n) is 4.61. The highest BCUT2D eigenvalue weighted by Crippen LogP contribution is 2.28. The molecule has 1 aliphatic rings. The van der Waals surface area contributed by atoms with E-state index in [0.717, 1.165) is 17.1 Å². The summed E-state index contributed by atoms with van der Waals surface area (Å²) in [6.45, 7) is 0.402. The quantitative estimate of drug-likeness (QED) is 0.413. The molecule has 0 aliphatic heterocycles. The minimum Gasteiger partial charge on any atom is -0.469 e. The van der Waals surface area contributed by atoms with Crippen LogP contribution in [0.2, 0.25) is 0 Å². The molecule has 1 fully saturated rings. The molecule has 0 aromatic heterocycles. The van der Waals surface area contributed by atoms with Crippen molar-refractivity contribution in [1.29, 1.82) is 0 Å². The number of amides is 1. The summed E-state index contributed by atoms with van der Waals surface area (Å²) in [6.07, 6.45) is 1.81. The maximum Gasteiger partial charge on any atom is 0.306 e. The largest absolute Gasteiger partial charge is 0.469 e. The lowest BCUT2D eigenvalue weighted by Gasteiger charge is -2.17. The van der Waals surface area contributed by atoms with E-state index in [1.54, 1.807) is 0 Å². The van der Waals surface area contributed by atoms with E-state index in [1.807, 2.05) is 0 Å². The Bertz CT molecular complexity index is 447. The molecule has 2 N–H and O–H groups in total. The monoisotopic (exact) mass is 307 g/mol. The van der Waals surface area contributed by atoms with Gasteiger partial charge < -0.3 is 10.1 Å². The Hall–Kier alpha value is -1.19. The van der Waals surface area contributed by atoms with E-state index in [2.05, 4.69) is 14.8 Å². The molecule has 1 rings (SSSR count). The number of methoxy groups -OCH3 is 1. The van der Waals surface area contributed by atoms with Gasteiger partial charge in [-0.05, 0) is 12.8 Å². The third-order valence-electron chi connectivity index (χ3n) is 2.93. The highest BCUT2D eigenvalue weighted by molar-refractivity contribution is 7.87. The van der Waals surface area contributed by atoms with Gasteiger partial charge in [-0.2, -0.15) is 12.7 Å². The van der Waals surface area contributed by atoms with E-state index in [9.17, 15) is 18.0 Å².